The average molecular weight is 289 g/mol. The SMILES string of the molecule is O=C(O)C(=O)CC(=O)c1c[nH]cc1Cc1ccc(F)cc1. The van der Waals surface area contributed by atoms with E-state index >= 15 is 0 Å². The Morgan fingerprint density at radius 2 is 1.76 bits per heavy atom. The molecule has 0 bridgehead atoms. The number of halogens is 1. The third-order valence-corrected chi connectivity index (χ3v) is 3.00. The molecule has 0 amide bonds. The summed E-state index contributed by atoms with van der Waals surface area (Å²) in [6, 6.07) is 5.83. The summed E-state index contributed by atoms with van der Waals surface area (Å²) in [6.07, 6.45) is 2.73. The van der Waals surface area contributed by atoms with Crippen molar-refractivity contribution in [3.63, 3.8) is 0 Å². The molecule has 0 aliphatic carbocycles. The molecule has 0 unspecified atom stereocenters. The predicted molar refractivity (Wildman–Crippen MR) is 71.6 cm³/mol. The largest absolute Gasteiger partial charge is 0.475 e. The Labute approximate surface area is 119 Å². The highest BCUT2D eigenvalue weighted by molar-refractivity contribution is 6.37. The molecule has 108 valence electrons. The van der Waals surface area contributed by atoms with Crippen LogP contribution in [0.2, 0.25) is 0 Å². The number of aromatic nitrogens is 1. The maximum absolute atomic E-state index is 12.8. The minimum atomic E-state index is -1.63. The lowest BCUT2D eigenvalue weighted by Crippen LogP contribution is -2.17. The summed E-state index contributed by atoms with van der Waals surface area (Å²) in [7, 11) is 0. The molecule has 0 radical (unpaired) electrons. The van der Waals surface area contributed by atoms with Gasteiger partial charge in [-0.2, -0.15) is 0 Å². The van der Waals surface area contributed by atoms with Gasteiger partial charge in [0, 0.05) is 18.0 Å². The first-order valence-electron chi connectivity index (χ1n) is 6.17. The van der Waals surface area contributed by atoms with Crippen molar-refractivity contribution in [3.8, 4) is 0 Å². The zero-order valence-electron chi connectivity index (χ0n) is 10.9. The number of aromatic amines is 1. The molecule has 0 spiro atoms. The van der Waals surface area contributed by atoms with Gasteiger partial charge in [-0.25, -0.2) is 9.18 Å². The van der Waals surface area contributed by atoms with Crippen molar-refractivity contribution in [2.45, 2.75) is 12.8 Å². The van der Waals surface area contributed by atoms with E-state index < -0.39 is 24.0 Å². The van der Waals surface area contributed by atoms with Gasteiger partial charge in [0.2, 0.25) is 5.78 Å². The average Bonchev–Trinajstić information content (AvgIpc) is 2.89. The lowest BCUT2D eigenvalue weighted by molar-refractivity contribution is -0.148. The Morgan fingerprint density at radius 1 is 1.10 bits per heavy atom. The summed E-state index contributed by atoms with van der Waals surface area (Å²) < 4.78 is 12.8. The van der Waals surface area contributed by atoms with Crippen LogP contribution >= 0.6 is 0 Å². The molecular formula is C15H12FNO4. The smallest absolute Gasteiger partial charge is 0.372 e. The van der Waals surface area contributed by atoms with Crippen LogP contribution in [0.5, 0.6) is 0 Å². The number of carboxylic acids is 1. The molecule has 2 N–H and O–H groups in total. The summed E-state index contributed by atoms with van der Waals surface area (Å²) in [4.78, 5) is 36.2. The van der Waals surface area contributed by atoms with Crippen molar-refractivity contribution < 1.29 is 23.9 Å². The Hall–Kier alpha value is -2.76. The monoisotopic (exact) mass is 289 g/mol. The summed E-state index contributed by atoms with van der Waals surface area (Å²) in [5, 5.41) is 8.51. The first-order chi connectivity index (χ1) is 9.97. The fourth-order valence-electron chi connectivity index (χ4n) is 1.94. The van der Waals surface area contributed by atoms with Crippen molar-refractivity contribution in [3.05, 3.63) is 59.2 Å². The summed E-state index contributed by atoms with van der Waals surface area (Å²) in [6.45, 7) is 0. The normalized spacial score (nSPS) is 10.3. The second kappa shape index (κ2) is 6.13. The molecule has 0 fully saturated rings. The van der Waals surface area contributed by atoms with Gasteiger partial charge in [0.25, 0.3) is 0 Å². The quantitative estimate of drug-likeness (QED) is 0.483. The molecule has 6 heteroatoms. The van der Waals surface area contributed by atoms with Gasteiger partial charge in [-0.15, -0.1) is 0 Å². The number of Topliss-reactive ketones (excluding diaryl/α,β-unsaturated/α-hetero) is 2. The van der Waals surface area contributed by atoms with Crippen LogP contribution in [0.15, 0.2) is 36.7 Å². The number of nitrogens with one attached hydrogen (secondary N) is 1. The van der Waals surface area contributed by atoms with E-state index in [4.69, 9.17) is 5.11 Å². The van der Waals surface area contributed by atoms with Crippen LogP contribution in [-0.2, 0) is 16.0 Å². The van der Waals surface area contributed by atoms with Gasteiger partial charge in [-0.1, -0.05) is 12.1 Å². The van der Waals surface area contributed by atoms with Crippen LogP contribution in [0.1, 0.15) is 27.9 Å². The van der Waals surface area contributed by atoms with Gasteiger partial charge in [0.05, 0.1) is 6.42 Å². The molecular weight excluding hydrogens is 277 g/mol. The Balaban J connectivity index is 2.14. The first kappa shape index (κ1) is 14.6. The van der Waals surface area contributed by atoms with Crippen molar-refractivity contribution in [1.29, 1.82) is 0 Å². The number of ketones is 2. The number of carbonyl (C=O) groups is 3. The van der Waals surface area contributed by atoms with Gasteiger partial charge >= 0.3 is 5.97 Å². The van der Waals surface area contributed by atoms with Crippen LogP contribution in [-0.4, -0.2) is 27.6 Å². The number of hydrogen-bond acceptors (Lipinski definition) is 3. The van der Waals surface area contributed by atoms with Crippen LogP contribution in [0.4, 0.5) is 4.39 Å². The number of hydrogen-bond donors (Lipinski definition) is 2. The topological polar surface area (TPSA) is 87.2 Å². The second-order valence-electron chi connectivity index (χ2n) is 4.53. The van der Waals surface area contributed by atoms with Gasteiger partial charge in [-0.3, -0.25) is 9.59 Å². The molecule has 0 saturated carbocycles. The molecule has 21 heavy (non-hydrogen) atoms. The highest BCUT2D eigenvalue weighted by Gasteiger charge is 2.20. The minimum absolute atomic E-state index is 0.272. The zero-order chi connectivity index (χ0) is 15.4. The number of carboxylic acid groups (broad SMARTS) is 1. The van der Waals surface area contributed by atoms with E-state index in [9.17, 15) is 18.8 Å². The molecule has 2 rings (SSSR count). The van der Waals surface area contributed by atoms with Crippen LogP contribution in [0.3, 0.4) is 0 Å². The van der Waals surface area contributed by atoms with E-state index in [0.29, 0.717) is 12.0 Å². The number of aliphatic carboxylic acids is 1. The molecule has 1 aromatic heterocycles. The van der Waals surface area contributed by atoms with E-state index in [0.717, 1.165) is 5.56 Å². The number of carbonyl (C=O) groups excluding carboxylic acids is 2. The summed E-state index contributed by atoms with van der Waals surface area (Å²) >= 11 is 0. The first-order valence-corrected chi connectivity index (χ1v) is 6.17. The third-order valence-electron chi connectivity index (χ3n) is 3.00. The predicted octanol–water partition coefficient (Wildman–Crippen LogP) is 1.97. The maximum Gasteiger partial charge on any atom is 0.372 e. The highest BCUT2D eigenvalue weighted by Crippen LogP contribution is 2.16. The summed E-state index contributed by atoms with van der Waals surface area (Å²) in [5.74, 6) is -3.68. The fraction of sp³-hybridized carbons (Fsp3) is 0.133. The highest BCUT2D eigenvalue weighted by atomic mass is 19.1. The van der Waals surface area contributed by atoms with Crippen molar-refractivity contribution in [2.75, 3.05) is 0 Å². The van der Waals surface area contributed by atoms with Gasteiger partial charge in [-0.05, 0) is 29.7 Å². The zero-order valence-corrected chi connectivity index (χ0v) is 10.9. The molecule has 0 aliphatic rings. The fourth-order valence-corrected chi connectivity index (χ4v) is 1.94. The van der Waals surface area contributed by atoms with E-state index in [2.05, 4.69) is 4.98 Å². The van der Waals surface area contributed by atoms with E-state index in [1.54, 1.807) is 18.3 Å². The Kier molecular flexibility index (Phi) is 4.27. The lowest BCUT2D eigenvalue weighted by atomic mass is 9.99. The van der Waals surface area contributed by atoms with Gasteiger partial charge in [0.15, 0.2) is 5.78 Å². The molecule has 2 aromatic rings. The Bertz CT molecular complexity index is 688. The van der Waals surface area contributed by atoms with E-state index in [1.165, 1.54) is 18.3 Å². The molecule has 0 aliphatic heterocycles. The van der Waals surface area contributed by atoms with Gasteiger partial charge < -0.3 is 10.1 Å². The van der Waals surface area contributed by atoms with Crippen LogP contribution in [0.25, 0.3) is 0 Å². The number of benzene rings is 1. The van der Waals surface area contributed by atoms with E-state index in [-0.39, 0.29) is 11.4 Å². The Morgan fingerprint density at radius 3 is 2.38 bits per heavy atom. The molecule has 1 aromatic carbocycles. The molecule has 0 saturated heterocycles. The maximum atomic E-state index is 12.8. The lowest BCUT2D eigenvalue weighted by Gasteiger charge is -2.03. The summed E-state index contributed by atoms with van der Waals surface area (Å²) in [5.41, 5.74) is 1.70. The molecule has 5 nitrogen and oxygen atoms in total. The molecule has 0 atom stereocenters. The molecule has 1 heterocycles. The van der Waals surface area contributed by atoms with E-state index in [1.807, 2.05) is 0 Å². The minimum Gasteiger partial charge on any atom is -0.475 e. The third kappa shape index (κ3) is 3.62. The number of rotatable bonds is 6. The van der Waals surface area contributed by atoms with Crippen LogP contribution < -0.4 is 0 Å². The standard InChI is InChI=1S/C15H12FNO4/c16-11-3-1-9(2-4-11)5-10-7-17-8-12(10)13(18)6-14(19)15(20)21/h1-4,7-8,17H,5-6H2,(H,20,21). The second-order valence-corrected chi connectivity index (χ2v) is 4.53. The van der Waals surface area contributed by atoms with Crippen molar-refractivity contribution in [1.82, 2.24) is 4.98 Å². The number of H-pyrrole nitrogens is 1. The van der Waals surface area contributed by atoms with Crippen LogP contribution in [0, 0.1) is 5.82 Å². The van der Waals surface area contributed by atoms with Crippen molar-refractivity contribution >= 4 is 17.5 Å². The van der Waals surface area contributed by atoms with Gasteiger partial charge in [0.1, 0.15) is 5.82 Å². The van der Waals surface area contributed by atoms with Crippen molar-refractivity contribution in [2.24, 2.45) is 0 Å².